The fraction of sp³-hybridized carbons (Fsp3) is 0.0833. The molecule has 5 heteroatoms. The summed E-state index contributed by atoms with van der Waals surface area (Å²) in [5.41, 5.74) is 8.15. The monoisotopic (exact) mass is 377 g/mol. The van der Waals surface area contributed by atoms with Crippen molar-refractivity contribution in [1.82, 2.24) is 20.2 Å². The van der Waals surface area contributed by atoms with Gasteiger partial charge in [-0.2, -0.15) is 0 Å². The summed E-state index contributed by atoms with van der Waals surface area (Å²) in [6, 6.07) is 22.4. The minimum atomic E-state index is 0.454. The van der Waals surface area contributed by atoms with Gasteiger partial charge in [-0.25, -0.2) is 4.98 Å². The van der Waals surface area contributed by atoms with Gasteiger partial charge >= 0.3 is 0 Å². The Labute approximate surface area is 168 Å². The predicted molar refractivity (Wildman–Crippen MR) is 117 cm³/mol. The fourth-order valence-corrected chi connectivity index (χ4v) is 3.74. The average molecular weight is 377 g/mol. The lowest BCUT2D eigenvalue weighted by atomic mass is 9.95. The molecule has 2 aromatic heterocycles. The van der Waals surface area contributed by atoms with Gasteiger partial charge in [0, 0.05) is 11.6 Å². The Morgan fingerprint density at radius 1 is 0.759 bits per heavy atom. The number of nitrogens with zero attached hydrogens (tertiary/aromatic N) is 4. The summed E-state index contributed by atoms with van der Waals surface area (Å²) in [5.74, 6) is 0.454. The van der Waals surface area contributed by atoms with Crippen molar-refractivity contribution in [3.63, 3.8) is 0 Å². The first kappa shape index (κ1) is 17.3. The van der Waals surface area contributed by atoms with Crippen LogP contribution >= 0.6 is 0 Å². The summed E-state index contributed by atoms with van der Waals surface area (Å²) in [4.78, 5) is 9.11. The molecule has 0 saturated carbocycles. The second-order valence-corrected chi connectivity index (χ2v) is 7.11. The van der Waals surface area contributed by atoms with E-state index < -0.39 is 0 Å². The molecule has 0 amide bonds. The molecule has 2 heterocycles. The van der Waals surface area contributed by atoms with E-state index in [0.717, 1.165) is 33.2 Å². The number of hydrogen-bond donors (Lipinski definition) is 1. The highest BCUT2D eigenvalue weighted by molar-refractivity contribution is 5.91. The van der Waals surface area contributed by atoms with Gasteiger partial charge in [-0.3, -0.25) is 4.98 Å². The molecule has 1 N–H and O–H groups in total. The summed E-state index contributed by atoms with van der Waals surface area (Å²) in [6.07, 6.45) is 1.78. The van der Waals surface area contributed by atoms with Crippen LogP contribution in [-0.4, -0.2) is 20.2 Å². The first-order chi connectivity index (χ1) is 14.2. The standard InChI is InChI=1S/C24H19N5/c1-15-6-3-7-16(2)22(15)18-11-12-19-21(14-18)28-29-24(26-19)27-20-10-4-8-17-9-5-13-25-23(17)20/h3-14H,1-2H3,(H,26,27,29). The van der Waals surface area contributed by atoms with Crippen LogP contribution in [0.25, 0.3) is 33.1 Å². The van der Waals surface area contributed by atoms with Gasteiger partial charge in [0.1, 0.15) is 5.52 Å². The Morgan fingerprint density at radius 3 is 2.41 bits per heavy atom. The Hall–Kier alpha value is -3.86. The van der Waals surface area contributed by atoms with Crippen molar-refractivity contribution in [2.45, 2.75) is 13.8 Å². The molecule has 5 rings (SSSR count). The molecule has 0 radical (unpaired) electrons. The topological polar surface area (TPSA) is 63.6 Å². The number of hydrogen-bond acceptors (Lipinski definition) is 5. The molecular weight excluding hydrogens is 358 g/mol. The van der Waals surface area contributed by atoms with E-state index >= 15 is 0 Å². The largest absolute Gasteiger partial charge is 0.321 e. The second-order valence-electron chi connectivity index (χ2n) is 7.11. The van der Waals surface area contributed by atoms with Crippen molar-refractivity contribution in [3.8, 4) is 11.1 Å². The van der Waals surface area contributed by atoms with Crippen LogP contribution in [0, 0.1) is 13.8 Å². The third kappa shape index (κ3) is 3.17. The van der Waals surface area contributed by atoms with Crippen LogP contribution in [-0.2, 0) is 0 Å². The zero-order valence-electron chi connectivity index (χ0n) is 16.2. The number of benzene rings is 3. The number of rotatable bonds is 3. The quantitative estimate of drug-likeness (QED) is 0.443. The third-order valence-corrected chi connectivity index (χ3v) is 5.10. The summed E-state index contributed by atoms with van der Waals surface area (Å²) < 4.78 is 0. The van der Waals surface area contributed by atoms with E-state index in [0.29, 0.717) is 5.95 Å². The highest BCUT2D eigenvalue weighted by Crippen LogP contribution is 2.29. The number of anilines is 2. The molecule has 0 aliphatic carbocycles. The molecule has 140 valence electrons. The van der Waals surface area contributed by atoms with Gasteiger partial charge < -0.3 is 5.32 Å². The molecule has 0 atom stereocenters. The van der Waals surface area contributed by atoms with Crippen molar-refractivity contribution in [1.29, 1.82) is 0 Å². The minimum Gasteiger partial charge on any atom is -0.321 e. The number of aryl methyl sites for hydroxylation is 2. The Kier molecular flexibility index (Phi) is 4.13. The van der Waals surface area contributed by atoms with Crippen molar-refractivity contribution in [3.05, 3.63) is 84.1 Å². The second kappa shape index (κ2) is 6.95. The van der Waals surface area contributed by atoms with Gasteiger partial charge in [-0.15, -0.1) is 10.2 Å². The number of nitrogens with one attached hydrogen (secondary N) is 1. The highest BCUT2D eigenvalue weighted by atomic mass is 15.2. The van der Waals surface area contributed by atoms with Gasteiger partial charge in [-0.1, -0.05) is 42.5 Å². The predicted octanol–water partition coefficient (Wildman–Crippen LogP) is 5.60. The first-order valence-electron chi connectivity index (χ1n) is 9.51. The third-order valence-electron chi connectivity index (χ3n) is 5.10. The lowest BCUT2D eigenvalue weighted by molar-refractivity contribution is 1.03. The number of para-hydroxylation sites is 1. The maximum Gasteiger partial charge on any atom is 0.247 e. The summed E-state index contributed by atoms with van der Waals surface area (Å²) in [5, 5.41) is 13.0. The summed E-state index contributed by atoms with van der Waals surface area (Å²) in [7, 11) is 0. The van der Waals surface area contributed by atoms with Crippen LogP contribution in [0.3, 0.4) is 0 Å². The first-order valence-corrected chi connectivity index (χ1v) is 9.51. The van der Waals surface area contributed by atoms with Crippen molar-refractivity contribution >= 4 is 33.6 Å². The average Bonchev–Trinajstić information content (AvgIpc) is 2.74. The van der Waals surface area contributed by atoms with Crippen LogP contribution in [0.2, 0.25) is 0 Å². The molecule has 3 aromatic carbocycles. The van der Waals surface area contributed by atoms with E-state index in [1.54, 1.807) is 6.20 Å². The van der Waals surface area contributed by atoms with E-state index in [1.165, 1.54) is 16.7 Å². The van der Waals surface area contributed by atoms with Crippen molar-refractivity contribution in [2.75, 3.05) is 5.32 Å². The van der Waals surface area contributed by atoms with Crippen molar-refractivity contribution in [2.24, 2.45) is 0 Å². The fourth-order valence-electron chi connectivity index (χ4n) is 3.74. The molecular formula is C24H19N5. The Balaban J connectivity index is 1.53. The number of pyridine rings is 1. The molecule has 0 unspecified atom stereocenters. The van der Waals surface area contributed by atoms with Crippen LogP contribution in [0.1, 0.15) is 11.1 Å². The van der Waals surface area contributed by atoms with Crippen molar-refractivity contribution < 1.29 is 0 Å². The van der Waals surface area contributed by atoms with E-state index in [-0.39, 0.29) is 0 Å². The number of fused-ring (bicyclic) bond motifs is 2. The zero-order valence-corrected chi connectivity index (χ0v) is 16.2. The van der Waals surface area contributed by atoms with Crippen LogP contribution in [0.5, 0.6) is 0 Å². The van der Waals surface area contributed by atoms with Gasteiger partial charge in [0.25, 0.3) is 0 Å². The molecule has 5 aromatic rings. The Bertz CT molecular complexity index is 1330. The summed E-state index contributed by atoms with van der Waals surface area (Å²) in [6.45, 7) is 4.25. The van der Waals surface area contributed by atoms with Crippen LogP contribution < -0.4 is 5.32 Å². The molecule has 0 spiro atoms. The normalized spacial score (nSPS) is 11.1. The lowest BCUT2D eigenvalue weighted by Crippen LogP contribution is -2.01. The minimum absolute atomic E-state index is 0.454. The highest BCUT2D eigenvalue weighted by Gasteiger charge is 2.09. The molecule has 0 aliphatic rings. The SMILES string of the molecule is Cc1cccc(C)c1-c1ccc2nc(Nc3cccc4cccnc34)nnc2c1. The van der Waals surface area contributed by atoms with Crippen LogP contribution in [0.4, 0.5) is 11.6 Å². The van der Waals surface area contributed by atoms with E-state index in [2.05, 4.69) is 63.6 Å². The Morgan fingerprint density at radius 2 is 1.55 bits per heavy atom. The van der Waals surface area contributed by atoms with E-state index in [4.69, 9.17) is 0 Å². The zero-order chi connectivity index (χ0) is 19.8. The summed E-state index contributed by atoms with van der Waals surface area (Å²) >= 11 is 0. The van der Waals surface area contributed by atoms with Gasteiger partial charge in [0.15, 0.2) is 0 Å². The molecule has 29 heavy (non-hydrogen) atoms. The molecule has 0 bridgehead atoms. The number of aromatic nitrogens is 4. The van der Waals surface area contributed by atoms with Gasteiger partial charge in [0.2, 0.25) is 5.95 Å². The van der Waals surface area contributed by atoms with Crippen LogP contribution in [0.15, 0.2) is 72.9 Å². The maximum atomic E-state index is 4.64. The van der Waals surface area contributed by atoms with Gasteiger partial charge in [-0.05, 0) is 60.4 Å². The van der Waals surface area contributed by atoms with Gasteiger partial charge in [0.05, 0.1) is 16.7 Å². The molecule has 0 fully saturated rings. The van der Waals surface area contributed by atoms with E-state index in [1.807, 2.05) is 42.5 Å². The molecule has 0 aliphatic heterocycles. The van der Waals surface area contributed by atoms with E-state index in [9.17, 15) is 0 Å². The molecule has 5 nitrogen and oxygen atoms in total. The lowest BCUT2D eigenvalue weighted by Gasteiger charge is -2.11. The smallest absolute Gasteiger partial charge is 0.247 e. The molecule has 0 saturated heterocycles. The maximum absolute atomic E-state index is 4.64.